The Morgan fingerprint density at radius 3 is 1.33 bits per heavy atom. The van der Waals surface area contributed by atoms with E-state index in [4.69, 9.17) is 46.7 Å². The van der Waals surface area contributed by atoms with Gasteiger partial charge in [0.05, 0.1) is 79.3 Å². The predicted molar refractivity (Wildman–Crippen MR) is 396 cm³/mol. The van der Waals surface area contributed by atoms with Crippen LogP contribution in [0, 0.1) is 13.3 Å². The van der Waals surface area contributed by atoms with Gasteiger partial charge < -0.3 is 53.7 Å². The topological polar surface area (TPSA) is 92.3 Å². The second-order valence-electron chi connectivity index (χ2n) is 20.4. The summed E-state index contributed by atoms with van der Waals surface area (Å²) in [6, 6.07) is 46.1. The van der Waals surface area contributed by atoms with E-state index in [1.165, 1.54) is 79.3 Å². The van der Waals surface area contributed by atoms with Gasteiger partial charge in [-0.05, 0) is 85.9 Å². The van der Waals surface area contributed by atoms with E-state index in [-0.39, 0.29) is 97.1 Å². The first-order valence-corrected chi connectivity index (χ1v) is 35.8. The molecule has 1 heterocycles. The van der Waals surface area contributed by atoms with Gasteiger partial charge in [0.25, 0.3) is 0 Å². The Labute approximate surface area is 587 Å². The molecule has 4 unspecified atom stereocenters. The Bertz CT molecular complexity index is 1890. The Hall–Kier alpha value is -2.28. The van der Waals surface area contributed by atoms with Crippen LogP contribution in [0.5, 0.6) is 0 Å². The van der Waals surface area contributed by atoms with Crippen molar-refractivity contribution in [1.29, 1.82) is 0 Å². The van der Waals surface area contributed by atoms with E-state index >= 15 is 0 Å². The zero-order chi connectivity index (χ0) is 58.3. The summed E-state index contributed by atoms with van der Waals surface area (Å²) in [5.74, 6) is 0.656. The van der Waals surface area contributed by atoms with E-state index in [1.807, 2.05) is 43.5 Å². The van der Waals surface area contributed by atoms with Gasteiger partial charge in [-0.1, -0.05) is 228 Å². The summed E-state index contributed by atoms with van der Waals surface area (Å²) >= 11 is 0. The molecule has 90 heavy (non-hydrogen) atoms. The van der Waals surface area contributed by atoms with Crippen molar-refractivity contribution in [2.24, 2.45) is 0 Å². The molecule has 1 aliphatic rings. The van der Waals surface area contributed by atoms with E-state index < -0.39 is 16.6 Å². The molecule has 518 valence electrons. The van der Waals surface area contributed by atoms with E-state index in [0.29, 0.717) is 90.7 Å². The molecule has 4 atom stereocenters. The number of benzene rings is 4. The van der Waals surface area contributed by atoms with Crippen molar-refractivity contribution >= 4 is 22.7 Å². The van der Waals surface area contributed by atoms with Crippen LogP contribution in [0.15, 0.2) is 128 Å². The second kappa shape index (κ2) is 79.2. The van der Waals surface area contributed by atoms with Gasteiger partial charge in [0.15, 0.2) is 16.6 Å². The van der Waals surface area contributed by atoms with Crippen LogP contribution in [-0.4, -0.2) is 137 Å². The van der Waals surface area contributed by atoms with Crippen LogP contribution in [0.2, 0.25) is 31.2 Å². The summed E-state index contributed by atoms with van der Waals surface area (Å²) in [7, 11) is 2.01. The minimum Gasteiger partial charge on any atom is -0.420 e. The number of rotatable bonds is 40. The molecule has 0 saturated carbocycles. The van der Waals surface area contributed by atoms with Gasteiger partial charge in [0.1, 0.15) is 0 Å². The van der Waals surface area contributed by atoms with Crippen molar-refractivity contribution < 1.29 is 84.5 Å². The van der Waals surface area contributed by atoms with E-state index in [1.54, 1.807) is 14.2 Å². The Kier molecular flexibility index (Phi) is 96.1. The standard InChI is InChI=1S/C21H38O5Si.C20H25.C15H32O5Si.C8H8.C4H9.8CH4.2Li/c1-5-21(20-10-7-6-8-11-20)27(4,23-3)19-9-12-24-15-16-26-18-17-25-14-13-22-2;1-2-3-6-13-20(19-14-9-5-10-15-19)17-16-18-11-7-4-8-12-18;1-16-8-9-18-12-13-19-11-10-17-6-5-15-21(2)14-4-3-7-20-21;1-2-8-6-4-3-5-7-8;1-3-4-2;;;;;;;;;;/h6-8,10-11,21H,5,9,12-19H2,1-4H3;4-5,7-12,14-16,20H,2-3,6,13,17H2,1H3;3-15H2,1-2H3;2-7H,1H2;1,3-4H2,2H3;8*1H4;;/q;-1;;;-1;;;;;;;;;2*+1. The molecule has 4 aromatic rings. The number of unbranched alkanes of at least 4 members (excludes halogenated alkanes) is 3. The minimum atomic E-state index is -1.83. The van der Waals surface area contributed by atoms with Gasteiger partial charge in [0, 0.05) is 46.7 Å². The summed E-state index contributed by atoms with van der Waals surface area (Å²) < 4.78 is 54.7. The van der Waals surface area contributed by atoms with Gasteiger partial charge in [-0.15, -0.1) is 12.1 Å². The predicted octanol–water partition coefficient (Wildman–Crippen LogP) is 15.5. The summed E-state index contributed by atoms with van der Waals surface area (Å²) in [5.41, 5.74) is 5.91. The maximum absolute atomic E-state index is 6.08. The van der Waals surface area contributed by atoms with Gasteiger partial charge in [0.2, 0.25) is 0 Å². The van der Waals surface area contributed by atoms with Crippen LogP contribution in [0.4, 0.5) is 0 Å². The van der Waals surface area contributed by atoms with Crippen LogP contribution < -0.4 is 37.7 Å². The van der Waals surface area contributed by atoms with Crippen LogP contribution in [0.25, 0.3) is 6.08 Å². The smallest absolute Gasteiger partial charge is 0.420 e. The fourth-order valence-corrected chi connectivity index (χ4v) is 15.5. The van der Waals surface area contributed by atoms with E-state index in [9.17, 15) is 0 Å². The molecule has 1 saturated heterocycles. The zero-order valence-electron chi connectivity index (χ0n) is 53.6. The molecule has 0 aromatic heterocycles. The molecule has 0 radical (unpaired) electrons. The molecule has 1 aliphatic heterocycles. The van der Waals surface area contributed by atoms with Crippen LogP contribution in [-0.2, 0) is 46.7 Å². The van der Waals surface area contributed by atoms with Crippen molar-refractivity contribution in [3.63, 3.8) is 0 Å². The van der Waals surface area contributed by atoms with Gasteiger partial charge in [-0.2, -0.15) is 30.5 Å². The molecule has 0 spiro atoms. The molecule has 0 aliphatic carbocycles. The normalized spacial score (nSPS) is 13.5. The second-order valence-corrected chi connectivity index (χ2v) is 28.9. The number of methoxy groups -OCH3 is 2. The van der Waals surface area contributed by atoms with E-state index in [2.05, 4.69) is 145 Å². The van der Waals surface area contributed by atoms with Crippen LogP contribution >= 0.6 is 0 Å². The van der Waals surface area contributed by atoms with Crippen LogP contribution in [0.3, 0.4) is 0 Å². The maximum atomic E-state index is 6.08. The molecular weight excluding hydrogens is 1140 g/mol. The summed E-state index contributed by atoms with van der Waals surface area (Å²) in [4.78, 5) is 0. The first-order chi connectivity index (χ1) is 39.2. The maximum Gasteiger partial charge on any atom is 1.00 e. The average Bonchev–Trinajstić information content (AvgIpc) is 2.56. The quantitative estimate of drug-likeness (QED) is 0.0244. The minimum absolute atomic E-state index is 0. The third kappa shape index (κ3) is 59.5. The monoisotopic (exact) mass is 1290 g/mol. The third-order valence-corrected chi connectivity index (χ3v) is 22.1. The zero-order valence-corrected chi connectivity index (χ0v) is 55.6. The summed E-state index contributed by atoms with van der Waals surface area (Å²) in [5, 5.41) is 0. The van der Waals surface area contributed by atoms with Gasteiger partial charge in [-0.25, -0.2) is 0 Å². The summed E-state index contributed by atoms with van der Waals surface area (Å²) in [6.07, 6.45) is 18.7. The van der Waals surface area contributed by atoms with Gasteiger partial charge >= 0.3 is 37.7 Å². The Morgan fingerprint density at radius 2 is 0.956 bits per heavy atom. The first-order valence-electron chi connectivity index (χ1n) is 30.3. The Balaban J connectivity index is -0.000000117. The number of ether oxygens (including phenoxy) is 8. The number of hydrogen-bond acceptors (Lipinski definition) is 10. The molecular formula is C76H144Li2O10Si2. The average molecular weight is 1290 g/mol. The SMILES string of the molecule is C.C.C.C.C.C.C.C.C=Cc1ccccc1.CCC(c1ccccc1)[Si](C)(CCCOCCOCCOCCOC)OC.CCCCCC(C[CH-]c1ccccc1)c1ccccc1.COCCOCCOCCOCCC[Si]1(C)CCCCO1.[CH2-]CCC.[Li+].[Li+]. The Morgan fingerprint density at radius 1 is 0.544 bits per heavy atom. The van der Waals surface area contributed by atoms with Crippen molar-refractivity contribution in [2.75, 3.05) is 120 Å². The third-order valence-electron chi connectivity index (χ3n) is 13.9. The molecule has 10 nitrogen and oxygen atoms in total. The molecule has 14 heteroatoms. The first kappa shape index (κ1) is 109. The molecule has 1 fully saturated rings. The molecule has 0 amide bonds. The molecule has 5 rings (SSSR count). The fraction of sp³-hybridized carbons (Fsp3) is 0.632. The van der Waals surface area contributed by atoms with Crippen LogP contribution in [0.1, 0.15) is 191 Å². The molecule has 0 bridgehead atoms. The van der Waals surface area contributed by atoms with Crippen molar-refractivity contribution in [3.8, 4) is 0 Å². The fourth-order valence-electron chi connectivity index (χ4n) is 9.00. The van der Waals surface area contributed by atoms with Crippen molar-refractivity contribution in [3.05, 3.63) is 164 Å². The van der Waals surface area contributed by atoms with Crippen molar-refractivity contribution in [2.45, 2.75) is 200 Å². The van der Waals surface area contributed by atoms with Crippen molar-refractivity contribution in [1.82, 2.24) is 0 Å². The molecule has 4 aromatic carbocycles. The molecule has 0 N–H and O–H groups in total. The largest absolute Gasteiger partial charge is 1.00 e. The number of hydrogen-bond donors (Lipinski definition) is 0. The summed E-state index contributed by atoms with van der Waals surface area (Å²) in [6.45, 7) is 28.6. The van der Waals surface area contributed by atoms with Gasteiger partial charge in [-0.3, -0.25) is 0 Å². The van der Waals surface area contributed by atoms with E-state index in [0.717, 1.165) is 58.0 Å².